The van der Waals surface area contributed by atoms with E-state index in [9.17, 15) is 26.3 Å². The molecule has 4 heterocycles. The summed E-state index contributed by atoms with van der Waals surface area (Å²) in [6, 6.07) is 10.1. The zero-order chi connectivity index (χ0) is 28.3. The van der Waals surface area contributed by atoms with Crippen molar-refractivity contribution in [2.24, 2.45) is 0 Å². The quantitative estimate of drug-likeness (QED) is 0.472. The molecule has 0 spiro atoms. The molecule has 38 heavy (non-hydrogen) atoms. The molecule has 0 bridgehead atoms. The fraction of sp³-hybridized carbons (Fsp3) is 0.304. The van der Waals surface area contributed by atoms with Gasteiger partial charge in [0.25, 0.3) is 0 Å². The van der Waals surface area contributed by atoms with Crippen LogP contribution in [0.5, 0.6) is 0 Å². The van der Waals surface area contributed by atoms with Gasteiger partial charge in [0.15, 0.2) is 0 Å². The maximum absolute atomic E-state index is 10.6. The molecule has 0 radical (unpaired) electrons. The van der Waals surface area contributed by atoms with Gasteiger partial charge in [-0.2, -0.15) is 26.3 Å². The number of carboxylic acid groups (broad SMARTS) is 2. The third kappa shape index (κ3) is 9.72. The van der Waals surface area contributed by atoms with Gasteiger partial charge < -0.3 is 10.2 Å². The van der Waals surface area contributed by atoms with Gasteiger partial charge in [0, 0.05) is 61.5 Å². The van der Waals surface area contributed by atoms with Crippen LogP contribution in [0.1, 0.15) is 17.0 Å². The number of aromatic nitrogens is 4. The summed E-state index contributed by atoms with van der Waals surface area (Å²) in [4.78, 5) is 37.9. The average molecular weight is 545 g/mol. The minimum atomic E-state index is -5.08. The standard InChI is InChI=1S/C19H19N5.2C2HF3O2/c1-2-8-21-16(3-1)13-24-11-6-17-18(7-12-24)22-14-23-19(17)15-4-9-20-10-5-15;2*3-2(4,5)1(6)7/h1-5,8-10,14H,6-7,11-13H2;2*(H,6,7). The summed E-state index contributed by atoms with van der Waals surface area (Å²) >= 11 is 0. The van der Waals surface area contributed by atoms with Crippen LogP contribution in [0.2, 0.25) is 0 Å². The summed E-state index contributed by atoms with van der Waals surface area (Å²) in [5.74, 6) is -5.51. The lowest BCUT2D eigenvalue weighted by molar-refractivity contribution is -0.193. The van der Waals surface area contributed by atoms with Gasteiger partial charge in [0.1, 0.15) is 6.33 Å². The van der Waals surface area contributed by atoms with Gasteiger partial charge in [-0.1, -0.05) is 6.07 Å². The largest absolute Gasteiger partial charge is 0.490 e. The summed E-state index contributed by atoms with van der Waals surface area (Å²) in [6.07, 6.45) is -1.09. The third-order valence-electron chi connectivity index (χ3n) is 4.93. The monoisotopic (exact) mass is 545 g/mol. The predicted octanol–water partition coefficient (Wildman–Crippen LogP) is 3.80. The van der Waals surface area contributed by atoms with Gasteiger partial charge in [0.2, 0.25) is 0 Å². The first kappa shape index (κ1) is 30.1. The Morgan fingerprint density at radius 3 is 1.92 bits per heavy atom. The van der Waals surface area contributed by atoms with E-state index in [4.69, 9.17) is 19.8 Å². The molecule has 0 unspecified atom stereocenters. The number of carboxylic acids is 2. The molecule has 0 fully saturated rings. The van der Waals surface area contributed by atoms with Crippen molar-refractivity contribution in [2.75, 3.05) is 13.1 Å². The highest BCUT2D eigenvalue weighted by atomic mass is 19.4. The maximum atomic E-state index is 10.6. The summed E-state index contributed by atoms with van der Waals surface area (Å²) in [5.41, 5.74) is 5.71. The van der Waals surface area contributed by atoms with E-state index >= 15 is 0 Å². The van der Waals surface area contributed by atoms with E-state index in [0.29, 0.717) is 0 Å². The number of alkyl halides is 6. The fourth-order valence-electron chi connectivity index (χ4n) is 3.21. The number of halogens is 6. The molecule has 9 nitrogen and oxygen atoms in total. The van der Waals surface area contributed by atoms with Crippen molar-refractivity contribution in [3.05, 3.63) is 72.2 Å². The Labute approximate surface area is 211 Å². The molecule has 3 aromatic rings. The van der Waals surface area contributed by atoms with Crippen LogP contribution >= 0.6 is 0 Å². The number of pyridine rings is 2. The van der Waals surface area contributed by atoms with E-state index in [2.05, 4.69) is 30.9 Å². The summed E-state index contributed by atoms with van der Waals surface area (Å²) in [7, 11) is 0. The summed E-state index contributed by atoms with van der Waals surface area (Å²) < 4.78 is 63.5. The lowest BCUT2D eigenvalue weighted by Gasteiger charge is -2.18. The van der Waals surface area contributed by atoms with Crippen LogP contribution in [-0.4, -0.2) is 72.4 Å². The molecule has 0 saturated heterocycles. The molecular weight excluding hydrogens is 524 g/mol. The van der Waals surface area contributed by atoms with E-state index in [0.717, 1.165) is 49.4 Å². The van der Waals surface area contributed by atoms with Gasteiger partial charge in [-0.3, -0.25) is 14.9 Å². The second kappa shape index (κ2) is 13.4. The van der Waals surface area contributed by atoms with Crippen molar-refractivity contribution < 1.29 is 46.1 Å². The molecule has 0 atom stereocenters. The second-order valence-corrected chi connectivity index (χ2v) is 7.59. The van der Waals surface area contributed by atoms with Gasteiger partial charge in [-0.15, -0.1) is 0 Å². The molecule has 0 amide bonds. The predicted molar refractivity (Wildman–Crippen MR) is 120 cm³/mol. The van der Waals surface area contributed by atoms with Crippen molar-refractivity contribution in [3.63, 3.8) is 0 Å². The Hall–Kier alpha value is -4.14. The summed E-state index contributed by atoms with van der Waals surface area (Å²) in [5, 5.41) is 14.2. The number of rotatable bonds is 3. The smallest absolute Gasteiger partial charge is 0.475 e. The first-order chi connectivity index (χ1) is 17.8. The molecule has 0 aliphatic carbocycles. The average Bonchev–Trinajstić information content (AvgIpc) is 3.07. The van der Waals surface area contributed by atoms with Crippen molar-refractivity contribution in [3.8, 4) is 11.3 Å². The SMILES string of the molecule is O=C(O)C(F)(F)F.O=C(O)C(F)(F)F.c1ccc(CN2CCc3ncnc(-c4ccncc4)c3CC2)nc1. The lowest BCUT2D eigenvalue weighted by Crippen LogP contribution is -2.26. The molecule has 0 aromatic carbocycles. The van der Waals surface area contributed by atoms with Crippen molar-refractivity contribution in [1.82, 2.24) is 24.8 Å². The Morgan fingerprint density at radius 2 is 1.39 bits per heavy atom. The van der Waals surface area contributed by atoms with Crippen molar-refractivity contribution >= 4 is 11.9 Å². The Kier molecular flexibility index (Phi) is 10.6. The number of carbonyl (C=O) groups is 2. The van der Waals surface area contributed by atoms with Gasteiger partial charge in [-0.05, 0) is 30.7 Å². The zero-order valence-electron chi connectivity index (χ0n) is 19.4. The molecule has 204 valence electrons. The lowest BCUT2D eigenvalue weighted by atomic mass is 10.0. The maximum Gasteiger partial charge on any atom is 0.490 e. The highest BCUT2D eigenvalue weighted by Crippen LogP contribution is 2.25. The van der Waals surface area contributed by atoms with Crippen molar-refractivity contribution in [1.29, 1.82) is 0 Å². The van der Waals surface area contributed by atoms with Crippen LogP contribution in [0.4, 0.5) is 26.3 Å². The first-order valence-corrected chi connectivity index (χ1v) is 10.7. The van der Waals surface area contributed by atoms with Crippen LogP contribution in [0, 0.1) is 0 Å². The zero-order valence-corrected chi connectivity index (χ0v) is 19.4. The Balaban J connectivity index is 0.000000301. The fourth-order valence-corrected chi connectivity index (χ4v) is 3.21. The molecular formula is C23H21F6N5O4. The van der Waals surface area contributed by atoms with E-state index in [-0.39, 0.29) is 0 Å². The molecule has 15 heteroatoms. The Bertz CT molecular complexity index is 1170. The van der Waals surface area contributed by atoms with Gasteiger partial charge in [0.05, 0.1) is 11.4 Å². The minimum Gasteiger partial charge on any atom is -0.475 e. The highest BCUT2D eigenvalue weighted by molar-refractivity contribution is 5.73. The molecule has 1 aliphatic heterocycles. The number of nitrogens with zero attached hydrogens (tertiary/aromatic N) is 5. The van der Waals surface area contributed by atoms with Crippen LogP contribution in [0.25, 0.3) is 11.3 Å². The number of hydrogen-bond donors (Lipinski definition) is 2. The van der Waals surface area contributed by atoms with E-state index < -0.39 is 24.3 Å². The molecule has 3 aromatic heterocycles. The Morgan fingerprint density at radius 1 is 0.816 bits per heavy atom. The second-order valence-electron chi connectivity index (χ2n) is 7.59. The van der Waals surface area contributed by atoms with E-state index in [1.165, 1.54) is 11.3 Å². The van der Waals surface area contributed by atoms with E-state index in [1.807, 2.05) is 42.9 Å². The van der Waals surface area contributed by atoms with Crippen LogP contribution < -0.4 is 0 Å². The van der Waals surface area contributed by atoms with Crippen LogP contribution in [-0.2, 0) is 29.0 Å². The van der Waals surface area contributed by atoms with Crippen LogP contribution in [0.15, 0.2) is 55.2 Å². The van der Waals surface area contributed by atoms with Crippen molar-refractivity contribution in [2.45, 2.75) is 31.7 Å². The topological polar surface area (TPSA) is 129 Å². The molecule has 1 aliphatic rings. The minimum absolute atomic E-state index is 0.882. The number of hydrogen-bond acceptors (Lipinski definition) is 7. The summed E-state index contributed by atoms with van der Waals surface area (Å²) in [6.45, 7) is 2.87. The van der Waals surface area contributed by atoms with Gasteiger partial charge in [-0.25, -0.2) is 19.6 Å². The first-order valence-electron chi connectivity index (χ1n) is 10.7. The molecule has 4 rings (SSSR count). The normalized spacial score (nSPS) is 13.5. The van der Waals surface area contributed by atoms with E-state index in [1.54, 1.807) is 6.33 Å². The number of aliphatic carboxylic acids is 2. The highest BCUT2D eigenvalue weighted by Gasteiger charge is 2.38. The number of fused-ring (bicyclic) bond motifs is 1. The third-order valence-corrected chi connectivity index (χ3v) is 4.93. The van der Waals surface area contributed by atoms with Gasteiger partial charge >= 0.3 is 24.3 Å². The molecule has 0 saturated carbocycles. The van der Waals surface area contributed by atoms with Crippen LogP contribution in [0.3, 0.4) is 0 Å². The molecule has 2 N–H and O–H groups in total.